The van der Waals surface area contributed by atoms with E-state index < -0.39 is 0 Å². The van der Waals surface area contributed by atoms with Crippen LogP contribution < -0.4 is 4.74 Å². The molecule has 0 fully saturated rings. The van der Waals surface area contributed by atoms with E-state index in [1.807, 2.05) is 65.0 Å². The molecule has 152 valence electrons. The van der Waals surface area contributed by atoms with Crippen molar-refractivity contribution in [2.24, 2.45) is 0 Å². The highest BCUT2D eigenvalue weighted by Crippen LogP contribution is 2.37. The van der Waals surface area contributed by atoms with Crippen LogP contribution in [0.5, 0.6) is 5.75 Å². The van der Waals surface area contributed by atoms with Gasteiger partial charge in [-0.1, -0.05) is 36.8 Å². The number of nitrogens with zero attached hydrogens (tertiary/aromatic N) is 1. The first-order chi connectivity index (χ1) is 13.8. The van der Waals surface area contributed by atoms with Crippen molar-refractivity contribution < 1.29 is 14.3 Å². The molecule has 29 heavy (non-hydrogen) atoms. The number of imide groups is 1. The van der Waals surface area contributed by atoms with Crippen LogP contribution in [0.3, 0.4) is 0 Å². The maximum absolute atomic E-state index is 13.2. The summed E-state index contributed by atoms with van der Waals surface area (Å²) in [6.45, 7) is 10.5. The Morgan fingerprint density at radius 2 is 1.59 bits per heavy atom. The van der Waals surface area contributed by atoms with Gasteiger partial charge in [0.1, 0.15) is 12.4 Å². The molecule has 2 amide bonds. The SMILES string of the molecule is CCSC1=C(c2ccc(C)cc2C)C(=O)N(CCOc2cc(C)cc(C)c2)C1=O. The zero-order chi connectivity index (χ0) is 21.1. The third-order valence-corrected chi connectivity index (χ3v) is 5.80. The molecule has 0 N–H and O–H groups in total. The Morgan fingerprint density at radius 3 is 2.21 bits per heavy atom. The topological polar surface area (TPSA) is 46.6 Å². The van der Waals surface area contributed by atoms with Crippen LogP contribution in [-0.4, -0.2) is 35.6 Å². The van der Waals surface area contributed by atoms with Gasteiger partial charge in [0.2, 0.25) is 0 Å². The quantitative estimate of drug-likeness (QED) is 0.615. The van der Waals surface area contributed by atoms with E-state index in [0.29, 0.717) is 10.5 Å². The van der Waals surface area contributed by atoms with Crippen LogP contribution >= 0.6 is 11.8 Å². The predicted octanol–water partition coefficient (Wildman–Crippen LogP) is 4.83. The average molecular weight is 410 g/mol. The number of benzene rings is 2. The zero-order valence-corrected chi connectivity index (χ0v) is 18.5. The van der Waals surface area contributed by atoms with E-state index in [-0.39, 0.29) is 25.0 Å². The lowest BCUT2D eigenvalue weighted by Crippen LogP contribution is -2.35. The highest BCUT2D eigenvalue weighted by molar-refractivity contribution is 8.04. The number of rotatable bonds is 7. The van der Waals surface area contributed by atoms with Crippen molar-refractivity contribution >= 4 is 29.1 Å². The summed E-state index contributed by atoms with van der Waals surface area (Å²) in [7, 11) is 0. The molecule has 1 aliphatic heterocycles. The first-order valence-electron chi connectivity index (χ1n) is 9.83. The second kappa shape index (κ2) is 8.87. The van der Waals surface area contributed by atoms with Crippen LogP contribution in [0, 0.1) is 27.7 Å². The van der Waals surface area contributed by atoms with Gasteiger partial charge in [0.25, 0.3) is 11.8 Å². The van der Waals surface area contributed by atoms with Gasteiger partial charge in [-0.25, -0.2) is 0 Å². The smallest absolute Gasteiger partial charge is 0.268 e. The number of ether oxygens (including phenoxy) is 1. The molecule has 0 saturated heterocycles. The van der Waals surface area contributed by atoms with Crippen molar-refractivity contribution in [3.8, 4) is 5.75 Å². The van der Waals surface area contributed by atoms with Crippen LogP contribution in [-0.2, 0) is 9.59 Å². The Hall–Kier alpha value is -2.53. The molecule has 0 spiro atoms. The molecule has 1 heterocycles. The highest BCUT2D eigenvalue weighted by Gasteiger charge is 2.39. The number of aryl methyl sites for hydroxylation is 4. The van der Waals surface area contributed by atoms with E-state index in [0.717, 1.165) is 39.3 Å². The molecule has 1 aliphatic rings. The fourth-order valence-electron chi connectivity index (χ4n) is 3.64. The van der Waals surface area contributed by atoms with Gasteiger partial charge in [-0.15, -0.1) is 11.8 Å². The maximum atomic E-state index is 13.2. The molecule has 0 bridgehead atoms. The standard InChI is InChI=1S/C24H27NO3S/c1-6-29-22-21(20-8-7-15(2)12-18(20)5)23(26)25(24(22)27)9-10-28-19-13-16(3)11-17(4)14-19/h7-8,11-14H,6,9-10H2,1-5H3. The summed E-state index contributed by atoms with van der Waals surface area (Å²) in [5.41, 5.74) is 5.73. The third-order valence-electron chi connectivity index (χ3n) is 4.84. The van der Waals surface area contributed by atoms with E-state index in [2.05, 4.69) is 6.07 Å². The van der Waals surface area contributed by atoms with E-state index in [1.54, 1.807) is 0 Å². The number of thioether (sulfide) groups is 1. The van der Waals surface area contributed by atoms with E-state index in [9.17, 15) is 9.59 Å². The van der Waals surface area contributed by atoms with Gasteiger partial charge < -0.3 is 4.74 Å². The molecule has 0 saturated carbocycles. The van der Waals surface area contributed by atoms with Gasteiger partial charge in [0.05, 0.1) is 17.0 Å². The summed E-state index contributed by atoms with van der Waals surface area (Å²) >= 11 is 1.43. The van der Waals surface area contributed by atoms with Crippen LogP contribution in [0.25, 0.3) is 5.57 Å². The fraction of sp³-hybridized carbons (Fsp3) is 0.333. The number of amides is 2. The molecule has 0 radical (unpaired) electrons. The minimum Gasteiger partial charge on any atom is -0.492 e. The minimum absolute atomic E-state index is 0.221. The fourth-order valence-corrected chi connectivity index (χ4v) is 4.50. The largest absolute Gasteiger partial charge is 0.492 e. The summed E-state index contributed by atoms with van der Waals surface area (Å²) in [5.74, 6) is 1.03. The molecule has 0 unspecified atom stereocenters. The molecule has 4 nitrogen and oxygen atoms in total. The van der Waals surface area contributed by atoms with Gasteiger partial charge in [-0.3, -0.25) is 14.5 Å². The van der Waals surface area contributed by atoms with Gasteiger partial charge in [-0.05, 0) is 67.8 Å². The molecule has 2 aromatic rings. The van der Waals surface area contributed by atoms with Crippen LogP contribution in [0.1, 0.15) is 34.7 Å². The maximum Gasteiger partial charge on any atom is 0.268 e. The van der Waals surface area contributed by atoms with Crippen molar-refractivity contribution in [3.05, 3.63) is 69.1 Å². The van der Waals surface area contributed by atoms with Gasteiger partial charge in [-0.2, -0.15) is 0 Å². The molecule has 0 aromatic heterocycles. The number of carbonyl (C=O) groups is 2. The van der Waals surface area contributed by atoms with Crippen molar-refractivity contribution in [3.63, 3.8) is 0 Å². The Bertz CT molecular complexity index is 973. The molecule has 0 aliphatic carbocycles. The molecule has 0 atom stereocenters. The van der Waals surface area contributed by atoms with Crippen molar-refractivity contribution in [1.82, 2.24) is 4.90 Å². The van der Waals surface area contributed by atoms with E-state index in [4.69, 9.17) is 4.74 Å². The van der Waals surface area contributed by atoms with Crippen molar-refractivity contribution in [1.29, 1.82) is 0 Å². The number of hydrogen-bond acceptors (Lipinski definition) is 4. The van der Waals surface area contributed by atoms with Gasteiger partial charge >= 0.3 is 0 Å². The second-order valence-electron chi connectivity index (χ2n) is 7.39. The highest BCUT2D eigenvalue weighted by atomic mass is 32.2. The van der Waals surface area contributed by atoms with Crippen LogP contribution in [0.2, 0.25) is 0 Å². The lowest BCUT2D eigenvalue weighted by Gasteiger charge is -2.16. The minimum atomic E-state index is -0.234. The van der Waals surface area contributed by atoms with E-state index in [1.165, 1.54) is 16.7 Å². The summed E-state index contributed by atoms with van der Waals surface area (Å²) < 4.78 is 5.83. The van der Waals surface area contributed by atoms with Gasteiger partial charge in [0, 0.05) is 0 Å². The first-order valence-corrected chi connectivity index (χ1v) is 10.8. The molecule has 2 aromatic carbocycles. The van der Waals surface area contributed by atoms with E-state index >= 15 is 0 Å². The summed E-state index contributed by atoms with van der Waals surface area (Å²) in [5, 5.41) is 0. The molecule has 5 heteroatoms. The summed E-state index contributed by atoms with van der Waals surface area (Å²) in [4.78, 5) is 28.0. The first kappa shape index (κ1) is 21.2. The Balaban J connectivity index is 1.80. The molecular formula is C24H27NO3S. The summed E-state index contributed by atoms with van der Waals surface area (Å²) in [6.07, 6.45) is 0. The van der Waals surface area contributed by atoms with Crippen LogP contribution in [0.4, 0.5) is 0 Å². The average Bonchev–Trinajstić information content (AvgIpc) is 2.86. The number of carbonyl (C=O) groups excluding carboxylic acids is 2. The van der Waals surface area contributed by atoms with Gasteiger partial charge in [0.15, 0.2) is 0 Å². The molecule has 3 rings (SSSR count). The Kier molecular flexibility index (Phi) is 6.48. The lowest BCUT2D eigenvalue weighted by molar-refractivity contribution is -0.136. The number of hydrogen-bond donors (Lipinski definition) is 0. The predicted molar refractivity (Wildman–Crippen MR) is 119 cm³/mol. The summed E-state index contributed by atoms with van der Waals surface area (Å²) in [6, 6.07) is 12.0. The molecular weight excluding hydrogens is 382 g/mol. The van der Waals surface area contributed by atoms with Crippen molar-refractivity contribution in [2.45, 2.75) is 34.6 Å². The Morgan fingerprint density at radius 1 is 0.897 bits per heavy atom. The lowest BCUT2D eigenvalue weighted by atomic mass is 9.99. The Labute approximate surface area is 176 Å². The monoisotopic (exact) mass is 409 g/mol. The second-order valence-corrected chi connectivity index (χ2v) is 8.66. The zero-order valence-electron chi connectivity index (χ0n) is 17.7. The van der Waals surface area contributed by atoms with Crippen LogP contribution in [0.15, 0.2) is 41.3 Å². The van der Waals surface area contributed by atoms with Crippen molar-refractivity contribution in [2.75, 3.05) is 18.9 Å². The third kappa shape index (κ3) is 4.56. The normalized spacial score (nSPS) is 14.2.